The Kier molecular flexibility index (Phi) is 5.37. The second kappa shape index (κ2) is 7.95. The van der Waals surface area contributed by atoms with Gasteiger partial charge in [-0.2, -0.15) is 0 Å². The van der Waals surface area contributed by atoms with Gasteiger partial charge in [-0.05, 0) is 74.4 Å². The smallest absolute Gasteiger partial charge is 0.271 e. The molecule has 0 bridgehead atoms. The number of benzene rings is 2. The number of thioether (sulfide) groups is 1. The van der Waals surface area contributed by atoms with Gasteiger partial charge in [0.15, 0.2) is 16.7 Å². The lowest BCUT2D eigenvalue weighted by atomic mass is 10.1. The number of anilines is 1. The fourth-order valence-electron chi connectivity index (χ4n) is 3.44. The van der Waals surface area contributed by atoms with Crippen LogP contribution in [0.3, 0.4) is 0 Å². The van der Waals surface area contributed by atoms with Gasteiger partial charge in [0, 0.05) is 6.04 Å². The van der Waals surface area contributed by atoms with Crippen molar-refractivity contribution in [1.82, 2.24) is 0 Å². The molecule has 1 saturated heterocycles. The zero-order valence-electron chi connectivity index (χ0n) is 17.1. The number of fused-ring (bicyclic) bond motifs is 1. The number of para-hydroxylation sites is 1. The van der Waals surface area contributed by atoms with E-state index >= 15 is 0 Å². The Bertz CT molecular complexity index is 1010. The number of carbonyl (C=O) groups is 1. The van der Waals surface area contributed by atoms with Crippen LogP contribution in [0.1, 0.15) is 30.5 Å². The largest absolute Gasteiger partial charge is 0.486 e. The lowest BCUT2D eigenvalue weighted by molar-refractivity contribution is -0.113. The van der Waals surface area contributed by atoms with Gasteiger partial charge in [0.1, 0.15) is 13.2 Å². The molecule has 1 amide bonds. The normalized spacial score (nSPS) is 18.9. The van der Waals surface area contributed by atoms with Gasteiger partial charge in [-0.1, -0.05) is 24.3 Å². The minimum Gasteiger partial charge on any atom is -0.486 e. The third-order valence-corrected chi connectivity index (χ3v) is 5.69. The molecular formula is C23H24N2O3S. The molecule has 0 saturated carbocycles. The summed E-state index contributed by atoms with van der Waals surface area (Å²) >= 11 is 1.42. The lowest BCUT2D eigenvalue weighted by Gasteiger charge is -2.21. The summed E-state index contributed by atoms with van der Waals surface area (Å²) in [5.41, 5.74) is 3.92. The molecule has 0 spiro atoms. The van der Waals surface area contributed by atoms with Crippen LogP contribution in [0.2, 0.25) is 0 Å². The summed E-state index contributed by atoms with van der Waals surface area (Å²) in [7, 11) is 0. The lowest BCUT2D eigenvalue weighted by Crippen LogP contribution is -2.30. The van der Waals surface area contributed by atoms with Crippen molar-refractivity contribution in [3.05, 3.63) is 58.0 Å². The fourth-order valence-corrected chi connectivity index (χ4v) is 4.54. The molecule has 0 aromatic heterocycles. The highest BCUT2D eigenvalue weighted by atomic mass is 32.2. The SMILES string of the molecule is Cc1cccc(C)c1N1C(=O)C(=Cc2ccc3c(c2)OCCO3)SC1=NC(C)C. The quantitative estimate of drug-likeness (QED) is 0.674. The molecule has 2 heterocycles. The molecule has 1 fully saturated rings. The minimum atomic E-state index is -0.0540. The second-order valence-electron chi connectivity index (χ2n) is 7.40. The maximum Gasteiger partial charge on any atom is 0.271 e. The molecule has 6 heteroatoms. The average Bonchev–Trinajstić information content (AvgIpc) is 2.96. The number of amidine groups is 1. The minimum absolute atomic E-state index is 0.0540. The molecule has 0 unspecified atom stereocenters. The summed E-state index contributed by atoms with van der Waals surface area (Å²) in [4.78, 5) is 20.5. The van der Waals surface area contributed by atoms with E-state index in [2.05, 4.69) is 0 Å². The summed E-state index contributed by atoms with van der Waals surface area (Å²) in [6.45, 7) is 9.17. The van der Waals surface area contributed by atoms with Crippen LogP contribution < -0.4 is 14.4 Å². The first-order chi connectivity index (χ1) is 13.9. The number of carbonyl (C=O) groups excluding carboxylic acids is 1. The van der Waals surface area contributed by atoms with Gasteiger partial charge in [-0.25, -0.2) is 0 Å². The van der Waals surface area contributed by atoms with Crippen molar-refractivity contribution in [3.8, 4) is 11.5 Å². The first-order valence-electron chi connectivity index (χ1n) is 9.71. The van der Waals surface area contributed by atoms with Crippen molar-refractivity contribution in [3.63, 3.8) is 0 Å². The monoisotopic (exact) mass is 408 g/mol. The second-order valence-corrected chi connectivity index (χ2v) is 8.41. The van der Waals surface area contributed by atoms with Crippen molar-refractivity contribution >= 4 is 34.6 Å². The Balaban J connectivity index is 1.75. The molecule has 4 rings (SSSR count). The molecule has 2 aromatic rings. The van der Waals surface area contributed by atoms with E-state index in [1.54, 1.807) is 4.90 Å². The van der Waals surface area contributed by atoms with Gasteiger partial charge in [0.05, 0.1) is 10.6 Å². The third-order valence-electron chi connectivity index (χ3n) is 4.70. The fraction of sp³-hybridized carbons (Fsp3) is 0.304. The van der Waals surface area contributed by atoms with Crippen LogP contribution in [0, 0.1) is 13.8 Å². The summed E-state index contributed by atoms with van der Waals surface area (Å²) < 4.78 is 11.3. The molecular weight excluding hydrogens is 384 g/mol. The summed E-state index contributed by atoms with van der Waals surface area (Å²) in [5.74, 6) is 1.40. The molecule has 0 aliphatic carbocycles. The Morgan fingerprint density at radius 2 is 1.76 bits per heavy atom. The number of aliphatic imine (C=N–C) groups is 1. The zero-order chi connectivity index (χ0) is 20.5. The summed E-state index contributed by atoms with van der Waals surface area (Å²) in [5, 5.41) is 0.714. The van der Waals surface area contributed by atoms with E-state index in [4.69, 9.17) is 14.5 Å². The van der Waals surface area contributed by atoms with Crippen LogP contribution in [0.5, 0.6) is 11.5 Å². The van der Waals surface area contributed by atoms with E-state index in [1.807, 2.05) is 70.2 Å². The molecule has 0 N–H and O–H groups in total. The van der Waals surface area contributed by atoms with Crippen molar-refractivity contribution in [2.45, 2.75) is 33.7 Å². The number of hydrogen-bond donors (Lipinski definition) is 0. The molecule has 2 aliphatic heterocycles. The van der Waals surface area contributed by atoms with Crippen LogP contribution in [-0.2, 0) is 4.79 Å². The van der Waals surface area contributed by atoms with Crippen molar-refractivity contribution < 1.29 is 14.3 Å². The van der Waals surface area contributed by atoms with Crippen LogP contribution in [-0.4, -0.2) is 30.3 Å². The predicted octanol–water partition coefficient (Wildman–Crippen LogP) is 4.96. The standard InChI is InChI=1S/C23H24N2O3S/c1-14(2)24-23-25(21-15(3)6-5-7-16(21)4)22(26)20(29-23)13-17-8-9-18-19(12-17)28-11-10-27-18/h5-9,12-14H,10-11H2,1-4H3. The topological polar surface area (TPSA) is 51.1 Å². The Morgan fingerprint density at radius 1 is 1.07 bits per heavy atom. The first-order valence-corrected chi connectivity index (χ1v) is 10.5. The van der Waals surface area contributed by atoms with E-state index in [9.17, 15) is 4.79 Å². The number of rotatable bonds is 3. The Labute approximate surface area is 175 Å². The van der Waals surface area contributed by atoms with Crippen molar-refractivity contribution in [1.29, 1.82) is 0 Å². The predicted molar refractivity (Wildman–Crippen MR) is 119 cm³/mol. The van der Waals surface area contributed by atoms with Crippen molar-refractivity contribution in [2.75, 3.05) is 18.1 Å². The summed E-state index contributed by atoms with van der Waals surface area (Å²) in [6.07, 6.45) is 1.90. The van der Waals surface area contributed by atoms with E-state index in [1.165, 1.54) is 11.8 Å². The molecule has 2 aromatic carbocycles. The van der Waals surface area contributed by atoms with Gasteiger partial charge in [0.2, 0.25) is 0 Å². The highest BCUT2D eigenvalue weighted by molar-refractivity contribution is 8.19. The molecule has 150 valence electrons. The van der Waals surface area contributed by atoms with Crippen LogP contribution in [0.25, 0.3) is 6.08 Å². The maximum atomic E-state index is 13.4. The highest BCUT2D eigenvalue weighted by Gasteiger charge is 2.36. The third kappa shape index (κ3) is 3.90. The van der Waals surface area contributed by atoms with E-state index in [-0.39, 0.29) is 11.9 Å². The number of aryl methyl sites for hydroxylation is 2. The van der Waals surface area contributed by atoms with Crippen LogP contribution in [0.4, 0.5) is 5.69 Å². The van der Waals surface area contributed by atoms with Gasteiger partial charge in [0.25, 0.3) is 5.91 Å². The molecule has 2 aliphatic rings. The van der Waals surface area contributed by atoms with E-state index in [0.29, 0.717) is 29.0 Å². The van der Waals surface area contributed by atoms with E-state index in [0.717, 1.165) is 28.1 Å². The molecule has 29 heavy (non-hydrogen) atoms. The number of hydrogen-bond acceptors (Lipinski definition) is 5. The molecule has 0 atom stereocenters. The number of nitrogens with zero attached hydrogens (tertiary/aromatic N) is 2. The van der Waals surface area contributed by atoms with Crippen molar-refractivity contribution in [2.24, 2.45) is 4.99 Å². The molecule has 0 radical (unpaired) electrons. The molecule has 5 nitrogen and oxygen atoms in total. The maximum absolute atomic E-state index is 13.4. The van der Waals surface area contributed by atoms with Crippen LogP contribution >= 0.6 is 11.8 Å². The Hall–Kier alpha value is -2.73. The number of ether oxygens (including phenoxy) is 2. The van der Waals surface area contributed by atoms with Crippen LogP contribution in [0.15, 0.2) is 46.3 Å². The van der Waals surface area contributed by atoms with Gasteiger partial charge < -0.3 is 9.47 Å². The first kappa shape index (κ1) is 19.6. The Morgan fingerprint density at radius 3 is 2.45 bits per heavy atom. The zero-order valence-corrected chi connectivity index (χ0v) is 17.9. The van der Waals surface area contributed by atoms with Gasteiger partial charge in [-0.3, -0.25) is 14.7 Å². The van der Waals surface area contributed by atoms with Gasteiger partial charge in [-0.15, -0.1) is 0 Å². The average molecular weight is 409 g/mol. The van der Waals surface area contributed by atoms with E-state index < -0.39 is 0 Å². The summed E-state index contributed by atoms with van der Waals surface area (Å²) in [6, 6.07) is 11.9. The number of amides is 1. The highest BCUT2D eigenvalue weighted by Crippen LogP contribution is 2.40. The van der Waals surface area contributed by atoms with Gasteiger partial charge >= 0.3 is 0 Å².